The largest absolute Gasteiger partial charge is 0.491 e. The van der Waals surface area contributed by atoms with E-state index in [1.807, 2.05) is 59.0 Å². The van der Waals surface area contributed by atoms with Crippen LogP contribution in [0.25, 0.3) is 0 Å². The normalized spacial score (nSPS) is 16.8. The van der Waals surface area contributed by atoms with Crippen molar-refractivity contribution in [3.63, 3.8) is 0 Å². The first kappa shape index (κ1) is 23.3. The molecule has 0 aliphatic carbocycles. The average Bonchev–Trinajstić information content (AvgIpc) is 2.73. The molecule has 0 radical (unpaired) electrons. The quantitative estimate of drug-likeness (QED) is 0.682. The number of benzene rings is 1. The zero-order valence-electron chi connectivity index (χ0n) is 19.6. The standard InChI is InChI=1S/C26H37N3O2/c1-19(2)31-22-11-9-20(10-12-22)18-29-16-13-21(14-17-29)24(23-8-6-7-15-27-23)28-25(30)26(3,4)5/h6-12,15,19,21,24H,13-14,16-18H2,1-5H3,(H,28,30). The molecular weight excluding hydrogens is 386 g/mol. The van der Waals surface area contributed by atoms with Gasteiger partial charge in [0.1, 0.15) is 5.75 Å². The molecule has 1 amide bonds. The minimum Gasteiger partial charge on any atom is -0.491 e. The molecule has 1 aliphatic heterocycles. The number of carbonyl (C=O) groups is 1. The van der Waals surface area contributed by atoms with Gasteiger partial charge in [-0.2, -0.15) is 0 Å². The lowest BCUT2D eigenvalue weighted by Gasteiger charge is -2.37. The molecule has 5 heteroatoms. The molecule has 2 heterocycles. The summed E-state index contributed by atoms with van der Waals surface area (Å²) in [7, 11) is 0. The lowest BCUT2D eigenvalue weighted by molar-refractivity contribution is -0.129. The maximum Gasteiger partial charge on any atom is 0.225 e. The molecule has 1 atom stereocenters. The molecule has 168 valence electrons. The van der Waals surface area contributed by atoms with Gasteiger partial charge in [-0.05, 0) is 75.5 Å². The van der Waals surface area contributed by atoms with Crippen LogP contribution in [0.5, 0.6) is 5.75 Å². The van der Waals surface area contributed by atoms with Crippen LogP contribution in [0.2, 0.25) is 0 Å². The Labute approximate surface area is 187 Å². The van der Waals surface area contributed by atoms with Gasteiger partial charge in [0, 0.05) is 18.2 Å². The number of amides is 1. The molecule has 1 fully saturated rings. The van der Waals surface area contributed by atoms with Crippen LogP contribution in [-0.4, -0.2) is 35.0 Å². The fourth-order valence-electron chi connectivity index (χ4n) is 4.00. The molecule has 0 bridgehead atoms. The molecule has 1 unspecified atom stereocenters. The molecule has 1 aromatic carbocycles. The summed E-state index contributed by atoms with van der Waals surface area (Å²) in [6, 6.07) is 14.3. The third-order valence-corrected chi connectivity index (χ3v) is 5.78. The molecule has 3 rings (SSSR count). The van der Waals surface area contributed by atoms with E-state index in [0.29, 0.717) is 5.92 Å². The summed E-state index contributed by atoms with van der Waals surface area (Å²) in [6.45, 7) is 12.9. The van der Waals surface area contributed by atoms with Crippen molar-refractivity contribution in [2.45, 2.75) is 66.2 Å². The van der Waals surface area contributed by atoms with Crippen molar-refractivity contribution >= 4 is 5.91 Å². The van der Waals surface area contributed by atoms with Gasteiger partial charge in [0.25, 0.3) is 0 Å². The van der Waals surface area contributed by atoms with Crippen LogP contribution < -0.4 is 10.1 Å². The fraction of sp³-hybridized carbons (Fsp3) is 0.538. The highest BCUT2D eigenvalue weighted by atomic mass is 16.5. The van der Waals surface area contributed by atoms with Gasteiger partial charge in [-0.15, -0.1) is 0 Å². The monoisotopic (exact) mass is 423 g/mol. The first-order valence-electron chi connectivity index (χ1n) is 11.4. The number of nitrogens with one attached hydrogen (secondary N) is 1. The van der Waals surface area contributed by atoms with E-state index in [9.17, 15) is 4.79 Å². The molecule has 31 heavy (non-hydrogen) atoms. The van der Waals surface area contributed by atoms with E-state index in [0.717, 1.165) is 43.9 Å². The van der Waals surface area contributed by atoms with Gasteiger partial charge >= 0.3 is 0 Å². The minimum absolute atomic E-state index is 0.0393. The zero-order valence-corrected chi connectivity index (χ0v) is 19.6. The van der Waals surface area contributed by atoms with E-state index in [2.05, 4.69) is 39.5 Å². The molecule has 1 aromatic heterocycles. The molecule has 1 N–H and O–H groups in total. The first-order valence-corrected chi connectivity index (χ1v) is 11.4. The van der Waals surface area contributed by atoms with Crippen LogP contribution in [0.3, 0.4) is 0 Å². The maximum absolute atomic E-state index is 12.7. The zero-order chi connectivity index (χ0) is 22.4. The van der Waals surface area contributed by atoms with Gasteiger partial charge in [-0.25, -0.2) is 0 Å². The number of rotatable bonds is 7. The van der Waals surface area contributed by atoms with E-state index in [-0.39, 0.29) is 18.1 Å². The summed E-state index contributed by atoms with van der Waals surface area (Å²) in [5.74, 6) is 1.39. The molecule has 0 saturated carbocycles. The first-order chi connectivity index (χ1) is 14.7. The maximum atomic E-state index is 12.7. The number of nitrogens with zero attached hydrogens (tertiary/aromatic N) is 2. The number of carbonyl (C=O) groups excluding carboxylic acids is 1. The highest BCUT2D eigenvalue weighted by Crippen LogP contribution is 2.31. The molecule has 5 nitrogen and oxygen atoms in total. The second-order valence-corrected chi connectivity index (χ2v) is 9.88. The number of piperidine rings is 1. The number of pyridine rings is 1. The SMILES string of the molecule is CC(C)Oc1ccc(CN2CCC(C(NC(=O)C(C)(C)C)c3ccccn3)CC2)cc1. The Morgan fingerprint density at radius 1 is 1.13 bits per heavy atom. The number of aromatic nitrogens is 1. The summed E-state index contributed by atoms with van der Waals surface area (Å²) in [5, 5.41) is 3.30. The number of likely N-dealkylation sites (tertiary alicyclic amines) is 1. The number of hydrogen-bond acceptors (Lipinski definition) is 4. The lowest BCUT2D eigenvalue weighted by atomic mass is 9.85. The van der Waals surface area contributed by atoms with Crippen LogP contribution in [0.1, 0.15) is 64.8 Å². The Bertz CT molecular complexity index is 820. The Balaban J connectivity index is 1.60. The summed E-state index contributed by atoms with van der Waals surface area (Å²) in [5.41, 5.74) is 1.84. The van der Waals surface area contributed by atoms with Gasteiger partial charge in [-0.3, -0.25) is 14.7 Å². The Morgan fingerprint density at radius 2 is 1.81 bits per heavy atom. The smallest absolute Gasteiger partial charge is 0.225 e. The van der Waals surface area contributed by atoms with Gasteiger partial charge in [0.05, 0.1) is 17.8 Å². The summed E-state index contributed by atoms with van der Waals surface area (Å²) in [6.07, 6.45) is 4.09. The topological polar surface area (TPSA) is 54.5 Å². The summed E-state index contributed by atoms with van der Waals surface area (Å²) < 4.78 is 5.74. The Hall–Kier alpha value is -2.40. The Kier molecular flexibility index (Phi) is 7.71. The van der Waals surface area contributed by atoms with E-state index >= 15 is 0 Å². The summed E-state index contributed by atoms with van der Waals surface area (Å²) in [4.78, 5) is 19.8. The van der Waals surface area contributed by atoms with Crippen molar-refractivity contribution in [1.82, 2.24) is 15.2 Å². The highest BCUT2D eigenvalue weighted by molar-refractivity contribution is 5.81. The van der Waals surface area contributed by atoms with Crippen molar-refractivity contribution < 1.29 is 9.53 Å². The molecule has 1 aliphatic rings. The Morgan fingerprint density at radius 3 is 2.35 bits per heavy atom. The molecule has 2 aromatic rings. The molecular formula is C26H37N3O2. The van der Waals surface area contributed by atoms with Gasteiger partial charge in [-0.1, -0.05) is 39.0 Å². The third kappa shape index (κ3) is 6.79. The van der Waals surface area contributed by atoms with Crippen LogP contribution in [0.4, 0.5) is 0 Å². The third-order valence-electron chi connectivity index (χ3n) is 5.78. The highest BCUT2D eigenvalue weighted by Gasteiger charge is 2.32. The van der Waals surface area contributed by atoms with Crippen LogP contribution in [0.15, 0.2) is 48.7 Å². The number of ether oxygens (including phenoxy) is 1. The van der Waals surface area contributed by atoms with Crippen molar-refractivity contribution in [3.05, 3.63) is 59.9 Å². The predicted molar refractivity (Wildman–Crippen MR) is 125 cm³/mol. The van der Waals surface area contributed by atoms with Crippen LogP contribution in [-0.2, 0) is 11.3 Å². The fourth-order valence-corrected chi connectivity index (χ4v) is 4.00. The van der Waals surface area contributed by atoms with Gasteiger partial charge in [0.2, 0.25) is 5.91 Å². The second-order valence-electron chi connectivity index (χ2n) is 9.88. The van der Waals surface area contributed by atoms with Gasteiger partial charge in [0.15, 0.2) is 0 Å². The lowest BCUT2D eigenvalue weighted by Crippen LogP contribution is -2.44. The minimum atomic E-state index is -0.417. The summed E-state index contributed by atoms with van der Waals surface area (Å²) >= 11 is 0. The predicted octanol–water partition coefficient (Wildman–Crippen LogP) is 4.98. The molecule has 1 saturated heterocycles. The van der Waals surface area contributed by atoms with Crippen LogP contribution in [0, 0.1) is 11.3 Å². The van der Waals surface area contributed by atoms with Crippen molar-refractivity contribution in [3.8, 4) is 5.75 Å². The number of hydrogen-bond donors (Lipinski definition) is 1. The average molecular weight is 424 g/mol. The van der Waals surface area contributed by atoms with E-state index in [4.69, 9.17) is 4.74 Å². The van der Waals surface area contributed by atoms with E-state index in [1.54, 1.807) is 0 Å². The van der Waals surface area contributed by atoms with Crippen LogP contribution >= 0.6 is 0 Å². The van der Waals surface area contributed by atoms with E-state index in [1.165, 1.54) is 5.56 Å². The van der Waals surface area contributed by atoms with Gasteiger partial charge < -0.3 is 10.1 Å². The van der Waals surface area contributed by atoms with Crippen molar-refractivity contribution in [1.29, 1.82) is 0 Å². The second kappa shape index (κ2) is 10.3. The van der Waals surface area contributed by atoms with E-state index < -0.39 is 5.41 Å². The van der Waals surface area contributed by atoms with Crippen molar-refractivity contribution in [2.24, 2.45) is 11.3 Å². The van der Waals surface area contributed by atoms with Crippen molar-refractivity contribution in [2.75, 3.05) is 13.1 Å². The molecule has 0 spiro atoms.